The maximum absolute atomic E-state index is 13.4. The quantitative estimate of drug-likeness (QED) is 0.238. The SMILES string of the molecule is O=C(OCC1c2ccccc2-c2ccccc21)N(Cc1cc(Cl)cc(C(F)(F)F)c1)Sc1nccnc1CO. The molecule has 1 aliphatic rings. The molecule has 1 aliphatic carbocycles. The summed E-state index contributed by atoms with van der Waals surface area (Å²) in [6.45, 7) is -0.697. The predicted octanol–water partition coefficient (Wildman–Crippen LogP) is 7.10. The number of aliphatic hydroxyl groups is 1. The summed E-state index contributed by atoms with van der Waals surface area (Å²) < 4.78 is 47.1. The summed E-state index contributed by atoms with van der Waals surface area (Å²) >= 11 is 6.79. The summed E-state index contributed by atoms with van der Waals surface area (Å²) in [4.78, 5) is 21.6. The van der Waals surface area contributed by atoms with Crippen molar-refractivity contribution in [2.75, 3.05) is 6.61 Å². The van der Waals surface area contributed by atoms with Crippen molar-refractivity contribution in [2.45, 2.75) is 30.3 Å². The molecule has 39 heavy (non-hydrogen) atoms. The van der Waals surface area contributed by atoms with Crippen LogP contribution >= 0.6 is 23.5 Å². The van der Waals surface area contributed by atoms with Gasteiger partial charge in [0.1, 0.15) is 11.6 Å². The van der Waals surface area contributed by atoms with Crippen LogP contribution in [0.1, 0.15) is 33.9 Å². The van der Waals surface area contributed by atoms with E-state index in [0.717, 1.165) is 50.6 Å². The first-order valence-electron chi connectivity index (χ1n) is 11.8. The number of ether oxygens (including phenoxy) is 1. The van der Waals surface area contributed by atoms with E-state index in [9.17, 15) is 23.1 Å². The molecule has 1 heterocycles. The van der Waals surface area contributed by atoms with Gasteiger partial charge in [0.15, 0.2) is 0 Å². The Balaban J connectivity index is 1.42. The van der Waals surface area contributed by atoms with E-state index < -0.39 is 24.4 Å². The zero-order valence-electron chi connectivity index (χ0n) is 20.2. The average molecular weight is 572 g/mol. The number of aliphatic hydroxyl groups excluding tert-OH is 1. The van der Waals surface area contributed by atoms with Crippen molar-refractivity contribution >= 4 is 29.6 Å². The van der Waals surface area contributed by atoms with Gasteiger partial charge in [-0.15, -0.1) is 0 Å². The van der Waals surface area contributed by atoms with Gasteiger partial charge in [0.2, 0.25) is 0 Å². The molecule has 1 aromatic heterocycles. The molecule has 11 heteroatoms. The lowest BCUT2D eigenvalue weighted by Gasteiger charge is -2.23. The van der Waals surface area contributed by atoms with E-state index >= 15 is 0 Å². The van der Waals surface area contributed by atoms with E-state index in [4.69, 9.17) is 16.3 Å². The van der Waals surface area contributed by atoms with Crippen molar-refractivity contribution in [3.63, 3.8) is 0 Å². The number of aromatic nitrogens is 2. The van der Waals surface area contributed by atoms with Crippen LogP contribution in [0.5, 0.6) is 0 Å². The third-order valence-electron chi connectivity index (χ3n) is 6.23. The fraction of sp³-hybridized carbons (Fsp3) is 0.179. The number of alkyl halides is 3. The highest BCUT2D eigenvalue weighted by atomic mass is 35.5. The van der Waals surface area contributed by atoms with Crippen LogP contribution < -0.4 is 0 Å². The molecular weight excluding hydrogens is 551 g/mol. The molecule has 0 saturated heterocycles. The van der Waals surface area contributed by atoms with Crippen LogP contribution in [0, 0.1) is 0 Å². The minimum atomic E-state index is -4.61. The van der Waals surface area contributed by atoms with Crippen molar-refractivity contribution < 1.29 is 27.8 Å². The first-order valence-corrected chi connectivity index (χ1v) is 13.0. The summed E-state index contributed by atoms with van der Waals surface area (Å²) in [7, 11) is 0. The number of carbonyl (C=O) groups excluding carboxylic acids is 1. The van der Waals surface area contributed by atoms with Crippen LogP contribution in [0.25, 0.3) is 11.1 Å². The number of hydrogen-bond acceptors (Lipinski definition) is 6. The zero-order valence-corrected chi connectivity index (χ0v) is 21.8. The van der Waals surface area contributed by atoms with Gasteiger partial charge in [0.25, 0.3) is 0 Å². The third kappa shape index (κ3) is 5.88. The Labute approximate surface area is 231 Å². The van der Waals surface area contributed by atoms with E-state index in [-0.39, 0.29) is 40.4 Å². The first kappa shape index (κ1) is 27.0. The molecule has 1 N–H and O–H groups in total. The van der Waals surface area contributed by atoms with Crippen molar-refractivity contribution in [3.05, 3.63) is 112 Å². The molecule has 0 aliphatic heterocycles. The number of fused-ring (bicyclic) bond motifs is 3. The minimum absolute atomic E-state index is 0.0145. The van der Waals surface area contributed by atoms with E-state index in [0.29, 0.717) is 0 Å². The molecule has 200 valence electrons. The highest BCUT2D eigenvalue weighted by Gasteiger charge is 2.33. The first-order chi connectivity index (χ1) is 18.7. The Morgan fingerprint density at radius 2 is 1.64 bits per heavy atom. The van der Waals surface area contributed by atoms with Gasteiger partial charge in [-0.1, -0.05) is 60.1 Å². The molecule has 5 rings (SSSR count). The molecular formula is C28H21ClF3N3O3S. The molecule has 6 nitrogen and oxygen atoms in total. The van der Waals surface area contributed by atoms with Gasteiger partial charge in [-0.2, -0.15) is 13.2 Å². The van der Waals surface area contributed by atoms with Crippen molar-refractivity contribution in [1.82, 2.24) is 14.3 Å². The van der Waals surface area contributed by atoms with Gasteiger partial charge in [-0.3, -0.25) is 4.98 Å². The molecule has 0 unspecified atom stereocenters. The Morgan fingerprint density at radius 3 is 2.28 bits per heavy atom. The number of carbonyl (C=O) groups is 1. The highest BCUT2D eigenvalue weighted by Crippen LogP contribution is 2.44. The van der Waals surface area contributed by atoms with Gasteiger partial charge >= 0.3 is 12.3 Å². The minimum Gasteiger partial charge on any atom is -0.448 e. The normalized spacial score (nSPS) is 12.6. The van der Waals surface area contributed by atoms with Crippen LogP contribution in [0.3, 0.4) is 0 Å². The van der Waals surface area contributed by atoms with Crippen LogP contribution in [-0.4, -0.2) is 32.1 Å². The summed E-state index contributed by atoms with van der Waals surface area (Å²) in [5, 5.41) is 9.76. The molecule has 0 bridgehead atoms. The zero-order chi connectivity index (χ0) is 27.6. The smallest absolute Gasteiger partial charge is 0.420 e. The predicted molar refractivity (Wildman–Crippen MR) is 141 cm³/mol. The molecule has 0 fully saturated rings. The summed E-state index contributed by atoms with van der Waals surface area (Å²) in [5.41, 5.74) is 3.58. The Hall–Kier alpha value is -3.60. The Morgan fingerprint density at radius 1 is 1.00 bits per heavy atom. The number of amides is 1. The monoisotopic (exact) mass is 571 g/mol. The van der Waals surface area contributed by atoms with Gasteiger partial charge < -0.3 is 9.84 Å². The number of rotatable bonds is 7. The van der Waals surface area contributed by atoms with Gasteiger partial charge in [-0.25, -0.2) is 14.1 Å². The second-order valence-corrected chi connectivity index (χ2v) is 10.2. The largest absolute Gasteiger partial charge is 0.448 e. The van der Waals surface area contributed by atoms with E-state index in [1.54, 1.807) is 0 Å². The lowest BCUT2D eigenvalue weighted by Crippen LogP contribution is -2.27. The summed E-state index contributed by atoms with van der Waals surface area (Å²) in [6.07, 6.45) is -2.63. The molecule has 0 saturated carbocycles. The number of nitrogens with zero attached hydrogens (tertiary/aromatic N) is 3. The molecule has 3 aromatic carbocycles. The van der Waals surface area contributed by atoms with Crippen LogP contribution in [0.15, 0.2) is 84.1 Å². The Bertz CT molecular complexity index is 1470. The van der Waals surface area contributed by atoms with E-state index in [1.807, 2.05) is 48.5 Å². The standard InChI is InChI=1S/C28H21ClF3N3O3S/c29-19-12-17(11-18(13-19)28(30,31)32)14-35(39-26-25(15-36)33-9-10-34-26)27(37)38-16-24-22-7-3-1-5-20(22)21-6-2-4-8-23(21)24/h1-13,24,36H,14-16H2. The van der Waals surface area contributed by atoms with E-state index in [2.05, 4.69) is 9.97 Å². The average Bonchev–Trinajstić information content (AvgIpc) is 3.24. The molecule has 1 amide bonds. The Kier molecular flexibility index (Phi) is 7.79. The maximum atomic E-state index is 13.4. The van der Waals surface area contributed by atoms with Crippen LogP contribution in [0.4, 0.5) is 18.0 Å². The van der Waals surface area contributed by atoms with E-state index in [1.165, 1.54) is 18.5 Å². The fourth-order valence-corrected chi connectivity index (χ4v) is 5.65. The summed E-state index contributed by atoms with van der Waals surface area (Å²) in [6, 6.07) is 18.8. The summed E-state index contributed by atoms with van der Waals surface area (Å²) in [5.74, 6) is -0.208. The number of halogens is 4. The second-order valence-electron chi connectivity index (χ2n) is 8.74. The maximum Gasteiger partial charge on any atom is 0.420 e. The lowest BCUT2D eigenvalue weighted by atomic mass is 9.98. The topological polar surface area (TPSA) is 75.5 Å². The molecule has 0 radical (unpaired) electrons. The van der Waals surface area contributed by atoms with Crippen molar-refractivity contribution in [2.24, 2.45) is 0 Å². The van der Waals surface area contributed by atoms with Gasteiger partial charge in [0.05, 0.1) is 24.4 Å². The number of benzene rings is 3. The van der Waals surface area contributed by atoms with Gasteiger partial charge in [-0.05, 0) is 46.0 Å². The van der Waals surface area contributed by atoms with Crippen LogP contribution in [0.2, 0.25) is 5.02 Å². The second kappa shape index (κ2) is 11.3. The highest BCUT2D eigenvalue weighted by molar-refractivity contribution is 7.97. The van der Waals surface area contributed by atoms with Crippen molar-refractivity contribution in [1.29, 1.82) is 0 Å². The third-order valence-corrected chi connectivity index (χ3v) is 7.46. The molecule has 4 aromatic rings. The van der Waals surface area contributed by atoms with Crippen LogP contribution in [-0.2, 0) is 24.1 Å². The number of hydrogen-bond donors (Lipinski definition) is 1. The lowest BCUT2D eigenvalue weighted by molar-refractivity contribution is -0.137. The van der Waals surface area contributed by atoms with Gasteiger partial charge in [0, 0.05) is 35.3 Å². The molecule has 0 spiro atoms. The fourth-order valence-electron chi connectivity index (χ4n) is 4.51. The molecule has 0 atom stereocenters. The van der Waals surface area contributed by atoms with Crippen molar-refractivity contribution in [3.8, 4) is 11.1 Å².